The highest BCUT2D eigenvalue weighted by Gasteiger charge is 2.20. The maximum absolute atomic E-state index is 13.2. The first-order valence-electron chi connectivity index (χ1n) is 13.8. The zero-order valence-electron chi connectivity index (χ0n) is 23.9. The van der Waals surface area contributed by atoms with E-state index >= 15 is 0 Å². The molecular formula is C33H35N5O3. The number of aromatic amines is 1. The van der Waals surface area contributed by atoms with Gasteiger partial charge in [-0.2, -0.15) is 5.26 Å². The standard InChI is InChI=1S/C33H35N5O3/c1-21(25-9-10-29(40-3)30(18-25)41-4)37-33(39)26(19-34)17-27-20-36-32-31(27)28(11-14-35-32)24-7-5-22(6-8-24)23-12-15-38(2)16-13-23/h5-11,14,17-18,20-21,23H,12-13,15-16H2,1-4H3,(H,35,36)(H,37,39)/b26-17+/t21-/m1/s1. The lowest BCUT2D eigenvalue weighted by molar-refractivity contribution is -0.117. The van der Waals surface area contributed by atoms with Crippen molar-refractivity contribution in [2.24, 2.45) is 0 Å². The van der Waals surface area contributed by atoms with Gasteiger partial charge in [-0.15, -0.1) is 0 Å². The number of nitrogens with zero attached hydrogens (tertiary/aromatic N) is 3. The molecule has 1 aliphatic rings. The molecule has 4 aromatic rings. The fourth-order valence-electron chi connectivity index (χ4n) is 5.50. The summed E-state index contributed by atoms with van der Waals surface area (Å²) in [6.07, 6.45) is 7.52. The average molecular weight is 550 g/mol. The summed E-state index contributed by atoms with van der Waals surface area (Å²) in [7, 11) is 5.32. The number of pyridine rings is 1. The molecule has 0 unspecified atom stereocenters. The van der Waals surface area contributed by atoms with Crippen molar-refractivity contribution in [3.63, 3.8) is 0 Å². The Labute approximate surface area is 240 Å². The highest BCUT2D eigenvalue weighted by molar-refractivity contribution is 6.06. The maximum atomic E-state index is 13.2. The van der Waals surface area contributed by atoms with Gasteiger partial charge in [-0.25, -0.2) is 4.98 Å². The molecule has 210 valence electrons. The summed E-state index contributed by atoms with van der Waals surface area (Å²) in [4.78, 5) is 23.2. The fourth-order valence-corrected chi connectivity index (χ4v) is 5.50. The number of H-pyrrole nitrogens is 1. The Kier molecular flexibility index (Phi) is 8.37. The van der Waals surface area contributed by atoms with Gasteiger partial charge < -0.3 is 24.7 Å². The molecule has 8 nitrogen and oxygen atoms in total. The van der Waals surface area contributed by atoms with Crippen molar-refractivity contribution in [3.05, 3.63) is 83.2 Å². The third kappa shape index (κ3) is 5.96. The molecule has 5 rings (SSSR count). The molecule has 0 radical (unpaired) electrons. The molecule has 41 heavy (non-hydrogen) atoms. The van der Waals surface area contributed by atoms with Gasteiger partial charge in [-0.1, -0.05) is 30.3 Å². The van der Waals surface area contributed by atoms with E-state index in [1.54, 1.807) is 38.8 Å². The number of amides is 1. The second-order valence-corrected chi connectivity index (χ2v) is 10.5. The second kappa shape index (κ2) is 12.3. The molecule has 3 heterocycles. The minimum absolute atomic E-state index is 0.00523. The third-order valence-electron chi connectivity index (χ3n) is 7.94. The van der Waals surface area contributed by atoms with Crippen LogP contribution in [0.15, 0.2) is 66.5 Å². The summed E-state index contributed by atoms with van der Waals surface area (Å²) >= 11 is 0. The lowest BCUT2D eigenvalue weighted by atomic mass is 9.88. The van der Waals surface area contributed by atoms with E-state index in [9.17, 15) is 10.1 Å². The topological polar surface area (TPSA) is 103 Å². The smallest absolute Gasteiger partial charge is 0.262 e. The summed E-state index contributed by atoms with van der Waals surface area (Å²) in [6, 6.07) is 17.9. The number of hydrogen-bond acceptors (Lipinski definition) is 6. The summed E-state index contributed by atoms with van der Waals surface area (Å²) in [5.74, 6) is 1.30. The molecule has 0 aliphatic carbocycles. The van der Waals surface area contributed by atoms with Crippen molar-refractivity contribution in [1.82, 2.24) is 20.2 Å². The molecule has 0 spiro atoms. The number of benzene rings is 2. The lowest BCUT2D eigenvalue weighted by Gasteiger charge is -2.29. The van der Waals surface area contributed by atoms with Crippen LogP contribution in [0, 0.1) is 11.3 Å². The number of nitriles is 1. The average Bonchev–Trinajstić information content (AvgIpc) is 3.42. The van der Waals surface area contributed by atoms with Crippen LogP contribution in [0.25, 0.3) is 28.2 Å². The van der Waals surface area contributed by atoms with Crippen molar-refractivity contribution in [1.29, 1.82) is 5.26 Å². The Hall–Kier alpha value is -4.61. The van der Waals surface area contributed by atoms with E-state index in [-0.39, 0.29) is 11.6 Å². The number of carbonyl (C=O) groups excluding carboxylic acids is 1. The Morgan fingerprint density at radius 3 is 2.54 bits per heavy atom. The maximum Gasteiger partial charge on any atom is 0.262 e. The minimum Gasteiger partial charge on any atom is -0.493 e. The second-order valence-electron chi connectivity index (χ2n) is 10.5. The van der Waals surface area contributed by atoms with Crippen molar-refractivity contribution in [2.75, 3.05) is 34.4 Å². The highest BCUT2D eigenvalue weighted by Crippen LogP contribution is 2.34. The van der Waals surface area contributed by atoms with Gasteiger partial charge in [0.1, 0.15) is 17.3 Å². The number of rotatable bonds is 8. The van der Waals surface area contributed by atoms with Gasteiger partial charge in [0.25, 0.3) is 5.91 Å². The van der Waals surface area contributed by atoms with Crippen molar-refractivity contribution in [2.45, 2.75) is 31.7 Å². The largest absolute Gasteiger partial charge is 0.493 e. The van der Waals surface area contributed by atoms with Gasteiger partial charge in [-0.3, -0.25) is 4.79 Å². The lowest BCUT2D eigenvalue weighted by Crippen LogP contribution is -2.29. The summed E-state index contributed by atoms with van der Waals surface area (Å²) in [6.45, 7) is 4.10. The van der Waals surface area contributed by atoms with Gasteiger partial charge in [0.05, 0.1) is 20.3 Å². The van der Waals surface area contributed by atoms with Crippen LogP contribution in [-0.2, 0) is 4.79 Å². The van der Waals surface area contributed by atoms with Crippen LogP contribution in [0.2, 0.25) is 0 Å². The van der Waals surface area contributed by atoms with Crippen LogP contribution in [-0.4, -0.2) is 55.1 Å². The van der Waals surface area contributed by atoms with E-state index in [1.807, 2.05) is 25.1 Å². The van der Waals surface area contributed by atoms with Crippen LogP contribution >= 0.6 is 0 Å². The van der Waals surface area contributed by atoms with Crippen LogP contribution in [0.1, 0.15) is 48.4 Å². The Morgan fingerprint density at radius 2 is 1.85 bits per heavy atom. The van der Waals surface area contributed by atoms with Crippen molar-refractivity contribution >= 4 is 23.0 Å². The number of carbonyl (C=O) groups is 1. The number of ether oxygens (including phenoxy) is 2. The predicted octanol–water partition coefficient (Wildman–Crippen LogP) is 5.84. The van der Waals surface area contributed by atoms with E-state index in [1.165, 1.54) is 18.4 Å². The van der Waals surface area contributed by atoms with Crippen molar-refractivity contribution in [3.8, 4) is 28.7 Å². The first-order valence-corrected chi connectivity index (χ1v) is 13.8. The molecule has 1 aliphatic heterocycles. The first-order chi connectivity index (χ1) is 19.9. The monoisotopic (exact) mass is 549 g/mol. The summed E-state index contributed by atoms with van der Waals surface area (Å²) in [5, 5.41) is 13.7. The van der Waals surface area contributed by atoms with Crippen molar-refractivity contribution < 1.29 is 14.3 Å². The normalized spacial score (nSPS) is 15.3. The fraction of sp³-hybridized carbons (Fsp3) is 0.303. The number of methoxy groups -OCH3 is 2. The van der Waals surface area contributed by atoms with E-state index in [2.05, 4.69) is 57.6 Å². The molecule has 8 heteroatoms. The van der Waals surface area contributed by atoms with Crippen LogP contribution < -0.4 is 14.8 Å². The van der Waals surface area contributed by atoms with Gasteiger partial charge in [-0.05, 0) is 92.3 Å². The number of nitrogens with one attached hydrogen (secondary N) is 2. The molecule has 0 saturated carbocycles. The molecule has 1 fully saturated rings. The molecular weight excluding hydrogens is 514 g/mol. The number of likely N-dealkylation sites (tertiary alicyclic amines) is 1. The highest BCUT2D eigenvalue weighted by atomic mass is 16.5. The molecule has 2 N–H and O–H groups in total. The number of piperidine rings is 1. The van der Waals surface area contributed by atoms with E-state index in [0.29, 0.717) is 23.1 Å². The summed E-state index contributed by atoms with van der Waals surface area (Å²) < 4.78 is 10.7. The Balaban J connectivity index is 1.40. The van der Waals surface area contributed by atoms with E-state index in [0.717, 1.165) is 40.7 Å². The van der Waals surface area contributed by atoms with Gasteiger partial charge in [0.15, 0.2) is 11.5 Å². The van der Waals surface area contributed by atoms with Crippen LogP contribution in [0.3, 0.4) is 0 Å². The molecule has 0 bridgehead atoms. The van der Waals surface area contributed by atoms with Gasteiger partial charge in [0.2, 0.25) is 0 Å². The minimum atomic E-state index is -0.461. The third-order valence-corrected chi connectivity index (χ3v) is 7.94. The SMILES string of the molecule is COc1ccc([C@@H](C)NC(=O)/C(C#N)=C/c2c[nH]c3nccc(-c4ccc(C5CCN(C)CC5)cc4)c23)cc1OC. The van der Waals surface area contributed by atoms with Gasteiger partial charge in [0, 0.05) is 23.3 Å². The molecule has 1 saturated heterocycles. The Bertz CT molecular complexity index is 1610. The number of aromatic nitrogens is 2. The zero-order valence-corrected chi connectivity index (χ0v) is 23.9. The van der Waals surface area contributed by atoms with E-state index < -0.39 is 5.91 Å². The zero-order chi connectivity index (χ0) is 28.9. The molecule has 2 aromatic heterocycles. The Morgan fingerprint density at radius 1 is 1.12 bits per heavy atom. The van der Waals surface area contributed by atoms with E-state index in [4.69, 9.17) is 9.47 Å². The van der Waals surface area contributed by atoms with Crippen LogP contribution in [0.5, 0.6) is 11.5 Å². The van der Waals surface area contributed by atoms with Gasteiger partial charge >= 0.3 is 0 Å². The number of fused-ring (bicyclic) bond motifs is 1. The quantitative estimate of drug-likeness (QED) is 0.211. The summed E-state index contributed by atoms with van der Waals surface area (Å²) in [5.41, 5.74) is 5.69. The predicted molar refractivity (Wildman–Crippen MR) is 161 cm³/mol. The first kappa shape index (κ1) is 27.9. The number of hydrogen-bond donors (Lipinski definition) is 2. The molecule has 1 atom stereocenters. The van der Waals surface area contributed by atoms with Crippen LogP contribution in [0.4, 0.5) is 0 Å². The molecule has 2 aromatic carbocycles. The molecule has 1 amide bonds.